The highest BCUT2D eigenvalue weighted by molar-refractivity contribution is 8.00. The predicted octanol–water partition coefficient (Wildman–Crippen LogP) is 4.64. The highest BCUT2D eigenvalue weighted by Crippen LogP contribution is 2.33. The number of methoxy groups -OCH3 is 1. The first kappa shape index (κ1) is 31.9. The Morgan fingerprint density at radius 1 is 1.23 bits per heavy atom. The van der Waals surface area contributed by atoms with Gasteiger partial charge in [-0.2, -0.15) is 15.0 Å². The van der Waals surface area contributed by atoms with Crippen LogP contribution < -0.4 is 20.3 Å². The fourth-order valence-electron chi connectivity index (χ4n) is 3.44. The molecule has 1 aliphatic rings. The van der Waals surface area contributed by atoms with Gasteiger partial charge in [-0.1, -0.05) is 23.4 Å². The van der Waals surface area contributed by atoms with Crippen molar-refractivity contribution in [3.05, 3.63) is 37.4 Å². The summed E-state index contributed by atoms with van der Waals surface area (Å²) >= 11 is 9.68. The molecular weight excluding hydrogens is 599 g/mol. The van der Waals surface area contributed by atoms with E-state index in [0.717, 1.165) is 53.7 Å². The van der Waals surface area contributed by atoms with Crippen LogP contribution in [0.3, 0.4) is 0 Å². The Kier molecular flexibility index (Phi) is 12.3. The summed E-state index contributed by atoms with van der Waals surface area (Å²) < 4.78 is 22.3. The van der Waals surface area contributed by atoms with E-state index in [1.54, 1.807) is 9.36 Å². The number of carbonyl (C=O) groups is 1. The third-order valence-electron chi connectivity index (χ3n) is 5.23. The SMILES string of the molecule is CCNc1nc(NC(C)C)nc(SC)n1.COC(=O)CSc1cc(/N=c2\sc(=O)n3n2CCCC3)c(F)cc1Cl. The van der Waals surface area contributed by atoms with Gasteiger partial charge in [0.1, 0.15) is 11.5 Å². The average molecular weight is 631 g/mol. The van der Waals surface area contributed by atoms with Crippen molar-refractivity contribution in [2.75, 3.05) is 36.3 Å². The van der Waals surface area contributed by atoms with Crippen molar-refractivity contribution in [3.63, 3.8) is 0 Å². The molecule has 0 amide bonds. The van der Waals surface area contributed by atoms with Crippen molar-refractivity contribution in [1.82, 2.24) is 24.3 Å². The van der Waals surface area contributed by atoms with Crippen molar-refractivity contribution >= 4 is 70.0 Å². The number of carbonyl (C=O) groups excluding carboxylic acids is 1. The van der Waals surface area contributed by atoms with Gasteiger partial charge in [-0.05, 0) is 63.3 Å². The maximum Gasteiger partial charge on any atom is 0.325 e. The Bertz CT molecular complexity index is 1440. The molecule has 16 heteroatoms. The van der Waals surface area contributed by atoms with Crippen molar-refractivity contribution in [3.8, 4) is 0 Å². The quantitative estimate of drug-likeness (QED) is 0.255. The van der Waals surface area contributed by atoms with Crippen LogP contribution in [-0.2, 0) is 22.6 Å². The van der Waals surface area contributed by atoms with Gasteiger partial charge in [-0.25, -0.2) is 14.1 Å². The average Bonchev–Trinajstić information content (AvgIpc) is 3.24. The number of nitrogens with one attached hydrogen (secondary N) is 2. The zero-order chi connectivity index (χ0) is 29.2. The summed E-state index contributed by atoms with van der Waals surface area (Å²) in [7, 11) is 1.30. The van der Waals surface area contributed by atoms with Crippen LogP contribution in [0.25, 0.3) is 0 Å². The summed E-state index contributed by atoms with van der Waals surface area (Å²) in [6.45, 7) is 8.24. The van der Waals surface area contributed by atoms with Crippen molar-refractivity contribution in [1.29, 1.82) is 0 Å². The van der Waals surface area contributed by atoms with Crippen molar-refractivity contribution in [2.24, 2.45) is 4.99 Å². The number of rotatable bonds is 9. The molecule has 1 aromatic carbocycles. The molecule has 3 aromatic rings. The third-order valence-corrected chi connectivity index (χ3v) is 8.10. The number of aromatic nitrogens is 5. The second-order valence-corrected chi connectivity index (χ2v) is 11.7. The Balaban J connectivity index is 0.000000252. The fourth-order valence-corrected chi connectivity index (χ4v) is 5.78. The summed E-state index contributed by atoms with van der Waals surface area (Å²) in [4.78, 5) is 41.3. The minimum Gasteiger partial charge on any atom is -0.468 e. The van der Waals surface area contributed by atoms with Crippen LogP contribution in [-0.4, -0.2) is 62.0 Å². The second kappa shape index (κ2) is 15.4. The molecule has 40 heavy (non-hydrogen) atoms. The van der Waals surface area contributed by atoms with Crippen molar-refractivity contribution in [2.45, 2.75) is 62.8 Å². The number of benzene rings is 1. The topological polar surface area (TPSA) is 128 Å². The lowest BCUT2D eigenvalue weighted by atomic mass is 10.3. The first-order valence-corrected chi connectivity index (χ1v) is 15.9. The smallest absolute Gasteiger partial charge is 0.325 e. The monoisotopic (exact) mass is 630 g/mol. The van der Waals surface area contributed by atoms with E-state index in [1.165, 1.54) is 24.9 Å². The molecule has 0 spiro atoms. The van der Waals surface area contributed by atoms with Gasteiger partial charge in [-0.3, -0.25) is 14.3 Å². The maximum atomic E-state index is 14.3. The molecule has 1 aliphatic heterocycles. The Morgan fingerprint density at radius 3 is 2.58 bits per heavy atom. The van der Waals surface area contributed by atoms with Gasteiger partial charge in [0.15, 0.2) is 5.16 Å². The third kappa shape index (κ3) is 8.94. The molecule has 0 saturated heterocycles. The van der Waals surface area contributed by atoms with E-state index in [-0.39, 0.29) is 21.3 Å². The summed E-state index contributed by atoms with van der Waals surface area (Å²) in [6, 6.07) is 2.96. The molecule has 0 aliphatic carbocycles. The van der Waals surface area contributed by atoms with E-state index in [1.807, 2.05) is 13.2 Å². The summed E-state index contributed by atoms with van der Waals surface area (Å²) in [5, 5.41) is 7.17. The van der Waals surface area contributed by atoms with E-state index in [2.05, 4.69) is 49.2 Å². The van der Waals surface area contributed by atoms with Gasteiger partial charge in [0, 0.05) is 30.6 Å². The Morgan fingerprint density at radius 2 is 1.93 bits per heavy atom. The molecule has 0 saturated carbocycles. The largest absolute Gasteiger partial charge is 0.468 e. The van der Waals surface area contributed by atoms with Crippen LogP contribution in [0.1, 0.15) is 33.6 Å². The highest BCUT2D eigenvalue weighted by atomic mass is 35.5. The van der Waals surface area contributed by atoms with Gasteiger partial charge in [0.2, 0.25) is 16.7 Å². The number of hydrogen-bond donors (Lipinski definition) is 2. The molecule has 2 N–H and O–H groups in total. The van der Waals surface area contributed by atoms with Crippen molar-refractivity contribution < 1.29 is 13.9 Å². The van der Waals surface area contributed by atoms with Crippen LogP contribution in [0.5, 0.6) is 0 Å². The lowest BCUT2D eigenvalue weighted by molar-refractivity contribution is -0.137. The van der Waals surface area contributed by atoms with E-state index >= 15 is 0 Å². The van der Waals surface area contributed by atoms with Gasteiger partial charge in [0.25, 0.3) is 0 Å². The molecule has 2 aromatic heterocycles. The first-order valence-electron chi connectivity index (χ1n) is 12.5. The first-order chi connectivity index (χ1) is 19.1. The molecule has 4 rings (SSSR count). The van der Waals surface area contributed by atoms with Crippen LogP contribution in [0.15, 0.2) is 32.0 Å². The number of esters is 1. The fraction of sp³-hybridized carbons (Fsp3) is 0.500. The lowest BCUT2D eigenvalue weighted by Crippen LogP contribution is -2.31. The van der Waals surface area contributed by atoms with E-state index in [4.69, 9.17) is 11.6 Å². The molecule has 0 atom stereocenters. The zero-order valence-electron chi connectivity index (χ0n) is 22.9. The summed E-state index contributed by atoms with van der Waals surface area (Å²) in [5.41, 5.74) is 0.0829. The number of fused-ring (bicyclic) bond motifs is 1. The van der Waals surface area contributed by atoms with Gasteiger partial charge < -0.3 is 15.4 Å². The maximum absolute atomic E-state index is 14.3. The molecule has 0 bridgehead atoms. The molecule has 0 fully saturated rings. The zero-order valence-corrected chi connectivity index (χ0v) is 26.1. The normalized spacial score (nSPS) is 12.9. The van der Waals surface area contributed by atoms with E-state index in [0.29, 0.717) is 40.7 Å². The summed E-state index contributed by atoms with van der Waals surface area (Å²) in [5.74, 6) is 0.327. The van der Waals surface area contributed by atoms with Crippen LogP contribution in [0.4, 0.5) is 22.0 Å². The molecule has 11 nitrogen and oxygen atoms in total. The number of thioether (sulfide) groups is 2. The molecular formula is C24H32ClFN8O3S3. The highest BCUT2D eigenvalue weighted by Gasteiger charge is 2.15. The Labute approximate surface area is 249 Å². The van der Waals surface area contributed by atoms with Gasteiger partial charge in [-0.15, -0.1) is 11.8 Å². The molecule has 0 unspecified atom stereocenters. The van der Waals surface area contributed by atoms with Gasteiger partial charge >= 0.3 is 10.8 Å². The standard InChI is InChI=1S/C15H15ClFN3O3S2.C9H17N5S/c1-23-13(21)8-24-12-7-11(10(17)6-9(12)16)18-14-19-4-2-3-5-20(19)15(22)25-14;1-5-10-7-12-8(11-6(2)3)14-9(13-7)15-4/h6-7H,2-5,8H2,1H3;6H,5H2,1-4H3,(H2,10,11,12,13,14)/b18-14-;. The number of nitrogens with zero attached hydrogens (tertiary/aromatic N) is 6. The molecule has 3 heterocycles. The number of hydrogen-bond acceptors (Lipinski definition) is 12. The number of halogens is 2. The van der Waals surface area contributed by atoms with Crippen LogP contribution in [0.2, 0.25) is 5.02 Å². The second-order valence-electron chi connectivity index (χ2n) is 8.61. The summed E-state index contributed by atoms with van der Waals surface area (Å²) in [6.07, 6.45) is 3.84. The van der Waals surface area contributed by atoms with E-state index in [9.17, 15) is 14.0 Å². The molecule has 0 radical (unpaired) electrons. The predicted molar refractivity (Wildman–Crippen MR) is 160 cm³/mol. The van der Waals surface area contributed by atoms with Crippen LogP contribution >= 0.6 is 46.5 Å². The van der Waals surface area contributed by atoms with Gasteiger partial charge in [0.05, 0.1) is 17.9 Å². The van der Waals surface area contributed by atoms with E-state index < -0.39 is 11.8 Å². The van der Waals surface area contributed by atoms with Crippen LogP contribution in [0, 0.1) is 5.82 Å². The minimum absolute atomic E-state index is 0.0605. The number of anilines is 2. The molecule has 218 valence electrons. The Hall–Kier alpha value is -2.62. The number of ether oxygens (including phenoxy) is 1. The lowest BCUT2D eigenvalue weighted by Gasteiger charge is -2.15. The minimum atomic E-state index is -0.580.